The van der Waals surface area contributed by atoms with E-state index in [1.54, 1.807) is 47.4 Å². The molecular formula is C22H21N3O5. The fourth-order valence-electron chi connectivity index (χ4n) is 3.67. The number of nitrogens with one attached hydrogen (secondary N) is 1. The van der Waals surface area contributed by atoms with Gasteiger partial charge in [0.25, 0.3) is 17.7 Å². The van der Waals surface area contributed by atoms with Crippen LogP contribution in [-0.2, 0) is 9.59 Å². The Hall–Kier alpha value is -3.68. The molecule has 4 rings (SSSR count). The Morgan fingerprint density at radius 1 is 1.10 bits per heavy atom. The molecule has 2 aromatic rings. The Labute approximate surface area is 173 Å². The highest BCUT2D eigenvalue weighted by atomic mass is 16.5. The lowest BCUT2D eigenvalue weighted by molar-refractivity contribution is -0.121. The maximum absolute atomic E-state index is 12.8. The number of carbonyl (C=O) groups is 4. The lowest BCUT2D eigenvalue weighted by Gasteiger charge is -2.29. The highest BCUT2D eigenvalue weighted by Gasteiger charge is 2.40. The number of hydrogen-bond donors (Lipinski definition) is 1. The first-order valence-electron chi connectivity index (χ1n) is 9.77. The Kier molecular flexibility index (Phi) is 4.99. The van der Waals surface area contributed by atoms with Crippen LogP contribution in [0.2, 0.25) is 0 Å². The molecule has 4 amide bonds. The van der Waals surface area contributed by atoms with E-state index < -0.39 is 23.8 Å². The topological polar surface area (TPSA) is 96.0 Å². The van der Waals surface area contributed by atoms with Gasteiger partial charge < -0.3 is 15.0 Å². The van der Waals surface area contributed by atoms with E-state index >= 15 is 0 Å². The van der Waals surface area contributed by atoms with Crippen LogP contribution in [-0.4, -0.2) is 47.7 Å². The van der Waals surface area contributed by atoms with Crippen molar-refractivity contribution in [1.82, 2.24) is 4.90 Å². The van der Waals surface area contributed by atoms with Crippen LogP contribution in [0.4, 0.5) is 11.4 Å². The van der Waals surface area contributed by atoms with Gasteiger partial charge in [-0.3, -0.25) is 24.1 Å². The minimum Gasteiger partial charge on any atom is -0.482 e. The van der Waals surface area contributed by atoms with Crippen LogP contribution >= 0.6 is 0 Å². The second kappa shape index (κ2) is 7.62. The summed E-state index contributed by atoms with van der Waals surface area (Å²) in [4.78, 5) is 52.8. The van der Waals surface area contributed by atoms with E-state index in [0.29, 0.717) is 34.8 Å². The predicted molar refractivity (Wildman–Crippen MR) is 110 cm³/mol. The molecule has 2 aliphatic heterocycles. The average molecular weight is 407 g/mol. The molecule has 0 radical (unpaired) electrons. The maximum atomic E-state index is 12.8. The fraction of sp³-hybridized carbons (Fsp3) is 0.273. The third-order valence-electron chi connectivity index (χ3n) is 5.21. The largest absolute Gasteiger partial charge is 0.482 e. The lowest BCUT2D eigenvalue weighted by atomic mass is 10.1. The number of benzene rings is 2. The zero-order valence-corrected chi connectivity index (χ0v) is 16.7. The number of fused-ring (bicyclic) bond motifs is 2. The van der Waals surface area contributed by atoms with E-state index in [4.69, 9.17) is 4.74 Å². The van der Waals surface area contributed by atoms with Crippen molar-refractivity contribution in [3.63, 3.8) is 0 Å². The number of anilines is 2. The molecule has 1 atom stereocenters. The normalized spacial score (nSPS) is 16.1. The molecule has 2 aliphatic rings. The fourth-order valence-corrected chi connectivity index (χ4v) is 3.67. The second-order valence-electron chi connectivity index (χ2n) is 7.21. The molecule has 1 N–H and O–H groups in total. The van der Waals surface area contributed by atoms with Crippen LogP contribution in [0.5, 0.6) is 5.75 Å². The van der Waals surface area contributed by atoms with Crippen LogP contribution in [0.15, 0.2) is 42.5 Å². The summed E-state index contributed by atoms with van der Waals surface area (Å²) in [5.74, 6) is -1.06. The summed E-state index contributed by atoms with van der Waals surface area (Å²) in [5, 5.41) is 2.74. The van der Waals surface area contributed by atoms with E-state index in [1.165, 1.54) is 6.92 Å². The van der Waals surface area contributed by atoms with Crippen LogP contribution in [0, 0.1) is 0 Å². The number of carbonyl (C=O) groups excluding carboxylic acids is 4. The van der Waals surface area contributed by atoms with Gasteiger partial charge in [0.15, 0.2) is 6.61 Å². The van der Waals surface area contributed by atoms with Gasteiger partial charge in [0.2, 0.25) is 5.91 Å². The number of hydrogen-bond acceptors (Lipinski definition) is 5. The Morgan fingerprint density at radius 2 is 1.77 bits per heavy atom. The van der Waals surface area contributed by atoms with Crippen LogP contribution in [0.25, 0.3) is 0 Å². The van der Waals surface area contributed by atoms with Crippen molar-refractivity contribution in [2.75, 3.05) is 23.4 Å². The monoisotopic (exact) mass is 407 g/mol. The molecule has 2 heterocycles. The van der Waals surface area contributed by atoms with Gasteiger partial charge in [-0.2, -0.15) is 0 Å². The van der Waals surface area contributed by atoms with Gasteiger partial charge in [-0.15, -0.1) is 0 Å². The van der Waals surface area contributed by atoms with Crippen LogP contribution in [0.3, 0.4) is 0 Å². The predicted octanol–water partition coefficient (Wildman–Crippen LogP) is 2.45. The molecule has 0 saturated heterocycles. The van der Waals surface area contributed by atoms with E-state index in [2.05, 4.69) is 5.32 Å². The zero-order valence-electron chi connectivity index (χ0n) is 16.7. The van der Waals surface area contributed by atoms with Crippen molar-refractivity contribution in [3.05, 3.63) is 53.6 Å². The molecule has 0 spiro atoms. The van der Waals surface area contributed by atoms with Crippen molar-refractivity contribution in [1.29, 1.82) is 0 Å². The first kappa shape index (κ1) is 19.6. The highest BCUT2D eigenvalue weighted by molar-refractivity contribution is 6.23. The van der Waals surface area contributed by atoms with Gasteiger partial charge in [-0.05, 0) is 43.7 Å². The van der Waals surface area contributed by atoms with Gasteiger partial charge in [-0.25, -0.2) is 0 Å². The Bertz CT molecular complexity index is 1030. The molecular weight excluding hydrogens is 386 g/mol. The molecule has 2 aromatic carbocycles. The molecule has 0 aliphatic carbocycles. The standard InChI is InChI=1S/C22H21N3O5/c1-3-10-24-17-11-14(8-9-18(17)30-12-19(24)26)23-20(27)13(2)25-21(28)15-6-4-5-7-16(15)22(25)29/h4-9,11,13H,3,10,12H2,1-2H3,(H,23,27). The first-order valence-corrected chi connectivity index (χ1v) is 9.77. The van der Waals surface area contributed by atoms with Crippen molar-refractivity contribution in [2.45, 2.75) is 26.3 Å². The molecule has 0 saturated carbocycles. The third kappa shape index (κ3) is 3.20. The molecule has 0 bridgehead atoms. The summed E-state index contributed by atoms with van der Waals surface area (Å²) in [6, 6.07) is 10.5. The summed E-state index contributed by atoms with van der Waals surface area (Å²) in [5.41, 5.74) is 1.62. The van der Waals surface area contributed by atoms with Crippen LogP contribution < -0.4 is 15.0 Å². The molecule has 0 aromatic heterocycles. The quantitative estimate of drug-likeness (QED) is 0.768. The molecule has 1 unspecified atom stereocenters. The summed E-state index contributed by atoms with van der Waals surface area (Å²) >= 11 is 0. The molecule has 30 heavy (non-hydrogen) atoms. The summed E-state index contributed by atoms with van der Waals surface area (Å²) < 4.78 is 5.46. The Balaban J connectivity index is 1.54. The van der Waals surface area contributed by atoms with E-state index in [9.17, 15) is 19.2 Å². The van der Waals surface area contributed by atoms with Crippen molar-refractivity contribution < 1.29 is 23.9 Å². The van der Waals surface area contributed by atoms with Crippen molar-refractivity contribution in [3.8, 4) is 5.75 Å². The smallest absolute Gasteiger partial charge is 0.265 e. The van der Waals surface area contributed by atoms with Gasteiger partial charge in [-0.1, -0.05) is 19.1 Å². The van der Waals surface area contributed by atoms with Crippen molar-refractivity contribution in [2.24, 2.45) is 0 Å². The minimum atomic E-state index is -1.00. The van der Waals surface area contributed by atoms with E-state index in [-0.39, 0.29) is 12.5 Å². The first-order chi connectivity index (χ1) is 14.4. The van der Waals surface area contributed by atoms with E-state index in [0.717, 1.165) is 11.3 Å². The van der Waals surface area contributed by atoms with Gasteiger partial charge in [0.05, 0.1) is 16.8 Å². The summed E-state index contributed by atoms with van der Waals surface area (Å²) in [7, 11) is 0. The van der Waals surface area contributed by atoms with Gasteiger partial charge in [0, 0.05) is 12.2 Å². The van der Waals surface area contributed by atoms with Crippen molar-refractivity contribution >= 4 is 35.0 Å². The average Bonchev–Trinajstić information content (AvgIpc) is 3.00. The summed E-state index contributed by atoms with van der Waals surface area (Å²) in [6.07, 6.45) is 0.776. The van der Waals surface area contributed by atoms with Gasteiger partial charge in [0.1, 0.15) is 11.8 Å². The number of amides is 4. The maximum Gasteiger partial charge on any atom is 0.265 e. The van der Waals surface area contributed by atoms with Crippen LogP contribution in [0.1, 0.15) is 41.0 Å². The number of nitrogens with zero attached hydrogens (tertiary/aromatic N) is 2. The third-order valence-corrected chi connectivity index (χ3v) is 5.21. The second-order valence-corrected chi connectivity index (χ2v) is 7.21. The SMILES string of the molecule is CCCN1C(=O)COc2ccc(NC(=O)C(C)N3C(=O)c4ccccc4C3=O)cc21. The lowest BCUT2D eigenvalue weighted by Crippen LogP contribution is -2.45. The molecule has 8 heteroatoms. The number of imide groups is 1. The zero-order chi connectivity index (χ0) is 21.4. The van der Waals surface area contributed by atoms with E-state index in [1.807, 2.05) is 6.92 Å². The summed E-state index contributed by atoms with van der Waals surface area (Å²) in [6.45, 7) is 4.00. The minimum absolute atomic E-state index is 0.0184. The molecule has 0 fully saturated rings. The number of rotatable bonds is 5. The molecule has 154 valence electrons. The highest BCUT2D eigenvalue weighted by Crippen LogP contribution is 2.35. The number of ether oxygens (including phenoxy) is 1. The van der Waals surface area contributed by atoms with Gasteiger partial charge >= 0.3 is 0 Å². The Morgan fingerprint density at radius 3 is 2.40 bits per heavy atom. The molecule has 8 nitrogen and oxygen atoms in total.